The molecule has 0 spiro atoms. The van der Waals surface area contributed by atoms with Crippen LogP contribution in [0, 0.1) is 0 Å². The van der Waals surface area contributed by atoms with Gasteiger partial charge in [-0.15, -0.1) is 0 Å². The van der Waals surface area contributed by atoms with E-state index in [0.717, 1.165) is 18.5 Å². The van der Waals surface area contributed by atoms with Crippen molar-refractivity contribution in [3.05, 3.63) is 28.8 Å². The number of halogens is 1. The van der Waals surface area contributed by atoms with Crippen molar-refractivity contribution in [2.24, 2.45) is 0 Å². The number of rotatable bonds is 3. The summed E-state index contributed by atoms with van der Waals surface area (Å²) in [7, 11) is -2.08. The highest BCUT2D eigenvalue weighted by atomic mass is 35.5. The third-order valence-corrected chi connectivity index (χ3v) is 4.82. The lowest BCUT2D eigenvalue weighted by Gasteiger charge is -2.18. The largest absolute Gasteiger partial charge is 0.379 e. The van der Waals surface area contributed by atoms with Crippen molar-refractivity contribution in [3.63, 3.8) is 0 Å². The molecule has 0 aromatic heterocycles. The predicted octanol–water partition coefficient (Wildman–Crippen LogP) is 1.30. The molecule has 1 heterocycles. The second-order valence-corrected chi connectivity index (χ2v) is 6.62. The number of ether oxygens (including phenoxy) is 1. The fourth-order valence-electron chi connectivity index (χ4n) is 1.98. The molecule has 1 aliphatic rings. The third-order valence-electron chi connectivity index (χ3n) is 3.06. The molecule has 0 amide bonds. The first-order chi connectivity index (χ1) is 9.04. The molecular weight excluding hydrogens is 288 g/mol. The van der Waals surface area contributed by atoms with Crippen molar-refractivity contribution in [1.82, 2.24) is 10.0 Å². The third kappa shape index (κ3) is 3.46. The van der Waals surface area contributed by atoms with Crippen LogP contribution in [0.15, 0.2) is 23.1 Å². The fourth-order valence-corrected chi connectivity index (χ4v) is 3.00. The second kappa shape index (κ2) is 6.19. The molecule has 0 aliphatic carbocycles. The van der Waals surface area contributed by atoms with Crippen LogP contribution in [0.3, 0.4) is 0 Å². The standard InChI is InChI=1S/C12H17ClN2O3S/c1-14-19(16,17)9-3-4-11(13)10(7-9)12-8-18-6-2-5-15-12/h3-4,7,12,14-15H,2,5-6,8H2,1H3. The molecule has 1 fully saturated rings. The van der Waals surface area contributed by atoms with Crippen LogP contribution in [0.1, 0.15) is 18.0 Å². The number of hydrogen-bond donors (Lipinski definition) is 2. The Balaban J connectivity index is 2.36. The van der Waals surface area contributed by atoms with Gasteiger partial charge in [0.05, 0.1) is 17.5 Å². The number of sulfonamides is 1. The molecule has 0 saturated carbocycles. The second-order valence-electron chi connectivity index (χ2n) is 4.33. The maximum absolute atomic E-state index is 11.8. The highest BCUT2D eigenvalue weighted by molar-refractivity contribution is 7.89. The van der Waals surface area contributed by atoms with E-state index in [1.807, 2.05) is 0 Å². The zero-order valence-corrected chi connectivity index (χ0v) is 12.2. The first-order valence-corrected chi connectivity index (χ1v) is 7.95. The molecule has 0 radical (unpaired) electrons. The minimum Gasteiger partial charge on any atom is -0.379 e. The van der Waals surface area contributed by atoms with Gasteiger partial charge < -0.3 is 10.1 Å². The minimum absolute atomic E-state index is 0.0815. The van der Waals surface area contributed by atoms with E-state index >= 15 is 0 Å². The maximum Gasteiger partial charge on any atom is 0.240 e. The van der Waals surface area contributed by atoms with E-state index in [0.29, 0.717) is 18.2 Å². The lowest BCUT2D eigenvalue weighted by atomic mass is 10.1. The van der Waals surface area contributed by atoms with Crippen LogP contribution >= 0.6 is 11.6 Å². The number of nitrogens with one attached hydrogen (secondary N) is 2. The zero-order chi connectivity index (χ0) is 13.9. The van der Waals surface area contributed by atoms with Crippen LogP contribution in [-0.4, -0.2) is 35.2 Å². The van der Waals surface area contributed by atoms with E-state index in [9.17, 15) is 8.42 Å². The molecule has 2 rings (SSSR count). The lowest BCUT2D eigenvalue weighted by molar-refractivity contribution is 0.131. The van der Waals surface area contributed by atoms with Crippen LogP contribution in [0.4, 0.5) is 0 Å². The van der Waals surface area contributed by atoms with Gasteiger partial charge in [0.25, 0.3) is 0 Å². The van der Waals surface area contributed by atoms with E-state index in [-0.39, 0.29) is 10.9 Å². The first-order valence-electron chi connectivity index (χ1n) is 6.09. The normalized spacial score (nSPS) is 21.1. The number of hydrogen-bond acceptors (Lipinski definition) is 4. The molecule has 19 heavy (non-hydrogen) atoms. The molecule has 0 bridgehead atoms. The van der Waals surface area contributed by atoms with Crippen molar-refractivity contribution in [2.45, 2.75) is 17.4 Å². The Morgan fingerprint density at radius 2 is 2.26 bits per heavy atom. The molecule has 2 N–H and O–H groups in total. The molecule has 1 aromatic carbocycles. The van der Waals surface area contributed by atoms with Gasteiger partial charge in [-0.25, -0.2) is 13.1 Å². The average Bonchev–Trinajstić information content (AvgIpc) is 2.68. The van der Waals surface area contributed by atoms with Gasteiger partial charge in [0.15, 0.2) is 0 Å². The van der Waals surface area contributed by atoms with E-state index < -0.39 is 10.0 Å². The summed E-state index contributed by atoms with van der Waals surface area (Å²) < 4.78 is 31.4. The van der Waals surface area contributed by atoms with Gasteiger partial charge in [-0.1, -0.05) is 11.6 Å². The molecule has 1 atom stereocenters. The van der Waals surface area contributed by atoms with Crippen LogP contribution in [0.25, 0.3) is 0 Å². The fraction of sp³-hybridized carbons (Fsp3) is 0.500. The predicted molar refractivity (Wildman–Crippen MR) is 73.9 cm³/mol. The van der Waals surface area contributed by atoms with E-state index in [1.54, 1.807) is 12.1 Å². The Kier molecular flexibility index (Phi) is 4.81. The van der Waals surface area contributed by atoms with Crippen molar-refractivity contribution in [2.75, 3.05) is 26.8 Å². The summed E-state index contributed by atoms with van der Waals surface area (Å²) in [6.07, 6.45) is 0.933. The Hall–Kier alpha value is -0.660. The summed E-state index contributed by atoms with van der Waals surface area (Å²) in [5.41, 5.74) is 0.750. The molecule has 1 saturated heterocycles. The number of benzene rings is 1. The van der Waals surface area contributed by atoms with Gasteiger partial charge >= 0.3 is 0 Å². The Morgan fingerprint density at radius 3 is 3.00 bits per heavy atom. The zero-order valence-electron chi connectivity index (χ0n) is 10.6. The summed E-state index contributed by atoms with van der Waals surface area (Å²) in [5.74, 6) is 0. The molecular formula is C12H17ClN2O3S. The molecule has 1 aromatic rings. The van der Waals surface area contributed by atoms with E-state index in [1.165, 1.54) is 13.1 Å². The maximum atomic E-state index is 11.8. The Bertz CT molecular complexity index is 540. The Morgan fingerprint density at radius 1 is 1.47 bits per heavy atom. The van der Waals surface area contributed by atoms with Gasteiger partial charge in [-0.05, 0) is 43.8 Å². The SMILES string of the molecule is CNS(=O)(=O)c1ccc(Cl)c(C2COCCCN2)c1. The van der Waals surface area contributed by atoms with Crippen molar-refractivity contribution in [3.8, 4) is 0 Å². The molecule has 1 aliphatic heterocycles. The quantitative estimate of drug-likeness (QED) is 0.883. The summed E-state index contributed by atoms with van der Waals surface area (Å²) in [6.45, 7) is 2.02. The first kappa shape index (κ1) is 14.7. The van der Waals surface area contributed by atoms with Crippen LogP contribution in [0.5, 0.6) is 0 Å². The van der Waals surface area contributed by atoms with Gasteiger partial charge in [-0.3, -0.25) is 0 Å². The topological polar surface area (TPSA) is 67.4 Å². The average molecular weight is 305 g/mol. The van der Waals surface area contributed by atoms with Crippen LogP contribution < -0.4 is 10.0 Å². The molecule has 7 heteroatoms. The van der Waals surface area contributed by atoms with Gasteiger partial charge in [-0.2, -0.15) is 0 Å². The lowest BCUT2D eigenvalue weighted by Crippen LogP contribution is -2.24. The highest BCUT2D eigenvalue weighted by Gasteiger charge is 2.20. The van der Waals surface area contributed by atoms with Gasteiger partial charge in [0.2, 0.25) is 10.0 Å². The summed E-state index contributed by atoms with van der Waals surface area (Å²) in [6, 6.07) is 4.62. The molecule has 5 nitrogen and oxygen atoms in total. The smallest absolute Gasteiger partial charge is 0.240 e. The van der Waals surface area contributed by atoms with Crippen LogP contribution in [-0.2, 0) is 14.8 Å². The van der Waals surface area contributed by atoms with E-state index in [4.69, 9.17) is 16.3 Å². The Labute approximate surface area is 118 Å². The summed E-state index contributed by atoms with van der Waals surface area (Å²) in [4.78, 5) is 0.209. The van der Waals surface area contributed by atoms with Crippen molar-refractivity contribution < 1.29 is 13.2 Å². The van der Waals surface area contributed by atoms with Gasteiger partial charge in [0, 0.05) is 11.6 Å². The van der Waals surface area contributed by atoms with Crippen LogP contribution in [0.2, 0.25) is 5.02 Å². The molecule has 106 valence electrons. The van der Waals surface area contributed by atoms with Crippen molar-refractivity contribution in [1.29, 1.82) is 0 Å². The summed E-state index contributed by atoms with van der Waals surface area (Å²) in [5, 5.41) is 3.85. The van der Waals surface area contributed by atoms with Gasteiger partial charge in [0.1, 0.15) is 0 Å². The monoisotopic (exact) mass is 304 g/mol. The molecule has 1 unspecified atom stereocenters. The summed E-state index contributed by atoms with van der Waals surface area (Å²) >= 11 is 6.17. The highest BCUT2D eigenvalue weighted by Crippen LogP contribution is 2.27. The van der Waals surface area contributed by atoms with E-state index in [2.05, 4.69) is 10.0 Å². The minimum atomic E-state index is -3.46. The van der Waals surface area contributed by atoms with Crippen molar-refractivity contribution >= 4 is 21.6 Å².